The molecule has 1 heteroatoms. The molecule has 0 atom stereocenters. The van der Waals surface area contributed by atoms with Crippen molar-refractivity contribution in [1.82, 2.24) is 0 Å². The fraction of sp³-hybridized carbons (Fsp3) is 0.667. The minimum Gasteiger partial charge on any atom is -0.0656 e. The Morgan fingerprint density at radius 2 is 1.47 bits per heavy atom. The van der Waals surface area contributed by atoms with Crippen LogP contribution in [0.3, 0.4) is 0 Å². The molecule has 0 saturated carbocycles. The van der Waals surface area contributed by atoms with Crippen molar-refractivity contribution in [2.75, 3.05) is 0 Å². The highest BCUT2D eigenvalue weighted by atomic mass is 28.3. The van der Waals surface area contributed by atoms with Crippen LogP contribution in [0.15, 0.2) is 18.2 Å². The Balaban J connectivity index is 2.48. The zero-order valence-corrected chi connectivity index (χ0v) is 14.7. The van der Waals surface area contributed by atoms with E-state index in [1.807, 2.05) is 0 Å². The van der Waals surface area contributed by atoms with Crippen LogP contribution in [0.25, 0.3) is 0 Å². The molecule has 1 aromatic carbocycles. The molecule has 1 aromatic rings. The van der Waals surface area contributed by atoms with E-state index in [2.05, 4.69) is 51.7 Å². The highest BCUT2D eigenvalue weighted by Gasteiger charge is 2.16. The molecule has 0 bridgehead atoms. The van der Waals surface area contributed by atoms with Crippen molar-refractivity contribution in [2.24, 2.45) is 0 Å². The van der Waals surface area contributed by atoms with Gasteiger partial charge >= 0.3 is 0 Å². The van der Waals surface area contributed by atoms with Crippen LogP contribution in [0.2, 0.25) is 19.6 Å². The summed E-state index contributed by atoms with van der Waals surface area (Å²) >= 11 is 0. The van der Waals surface area contributed by atoms with Crippen LogP contribution in [0.4, 0.5) is 0 Å². The molecule has 0 N–H and O–H groups in total. The number of hydrogen-bond acceptors (Lipinski definition) is 0. The summed E-state index contributed by atoms with van der Waals surface area (Å²) in [6, 6.07) is 7.26. The maximum absolute atomic E-state index is 2.48. The summed E-state index contributed by atoms with van der Waals surface area (Å²) in [7, 11) is -1.16. The highest BCUT2D eigenvalue weighted by molar-refractivity contribution is 6.88. The first-order valence-electron chi connectivity index (χ1n) is 8.04. The van der Waals surface area contributed by atoms with Gasteiger partial charge < -0.3 is 0 Å². The lowest BCUT2D eigenvalue weighted by Gasteiger charge is -2.18. The first-order chi connectivity index (χ1) is 8.93. The second-order valence-electron chi connectivity index (χ2n) is 6.98. The summed E-state index contributed by atoms with van der Waals surface area (Å²) in [6.45, 7) is 11.8. The third-order valence-electron chi connectivity index (χ3n) is 3.82. The standard InChI is InChI=1S/C18H32Si/c1-6-7-8-9-10-11-12-17-13-16(2)14-18(15-17)19(3,4)5/h13-15H,6-12H2,1-5H3. The molecule has 0 saturated heterocycles. The van der Waals surface area contributed by atoms with Gasteiger partial charge in [0.15, 0.2) is 0 Å². The van der Waals surface area contributed by atoms with Gasteiger partial charge in [-0.3, -0.25) is 0 Å². The molecule has 0 fully saturated rings. The number of hydrogen-bond donors (Lipinski definition) is 0. The minimum absolute atomic E-state index is 1.16. The van der Waals surface area contributed by atoms with Crippen LogP contribution in [0.5, 0.6) is 0 Å². The molecule has 0 aromatic heterocycles. The molecule has 1 rings (SSSR count). The van der Waals surface area contributed by atoms with E-state index in [1.54, 1.807) is 10.8 Å². The zero-order valence-electron chi connectivity index (χ0n) is 13.7. The van der Waals surface area contributed by atoms with Crippen LogP contribution >= 0.6 is 0 Å². The van der Waals surface area contributed by atoms with Gasteiger partial charge in [0.2, 0.25) is 0 Å². The lowest BCUT2D eigenvalue weighted by molar-refractivity contribution is 0.607. The second-order valence-corrected chi connectivity index (χ2v) is 12.1. The first kappa shape index (κ1) is 16.5. The fourth-order valence-corrected chi connectivity index (χ4v) is 3.83. The van der Waals surface area contributed by atoms with Crippen LogP contribution < -0.4 is 5.19 Å². The molecule has 0 radical (unpaired) electrons. The lowest BCUT2D eigenvalue weighted by Crippen LogP contribution is -2.37. The molecule has 0 heterocycles. The Labute approximate surface area is 121 Å². The number of aryl methyl sites for hydroxylation is 2. The molecule has 0 amide bonds. The summed E-state index contributed by atoms with van der Waals surface area (Å²) in [5, 5.41) is 1.62. The quantitative estimate of drug-likeness (QED) is 0.438. The van der Waals surface area contributed by atoms with Crippen molar-refractivity contribution in [3.63, 3.8) is 0 Å². The van der Waals surface area contributed by atoms with Gasteiger partial charge in [-0.15, -0.1) is 0 Å². The van der Waals surface area contributed by atoms with Gasteiger partial charge in [-0.05, 0) is 25.3 Å². The normalized spacial score (nSPS) is 11.8. The number of unbranched alkanes of at least 4 members (excludes halogenated alkanes) is 5. The van der Waals surface area contributed by atoms with Crippen molar-refractivity contribution in [1.29, 1.82) is 0 Å². The van der Waals surface area contributed by atoms with Crippen LogP contribution in [0.1, 0.15) is 56.6 Å². The van der Waals surface area contributed by atoms with Gasteiger partial charge in [0.05, 0.1) is 8.07 Å². The van der Waals surface area contributed by atoms with E-state index in [4.69, 9.17) is 0 Å². The van der Waals surface area contributed by atoms with Crippen molar-refractivity contribution in [3.05, 3.63) is 29.3 Å². The molecule has 19 heavy (non-hydrogen) atoms. The van der Waals surface area contributed by atoms with Crippen LogP contribution in [-0.2, 0) is 6.42 Å². The van der Waals surface area contributed by atoms with Gasteiger partial charge in [0.25, 0.3) is 0 Å². The molecular formula is C18H32Si. The summed E-state index contributed by atoms with van der Waals surface area (Å²) in [4.78, 5) is 0. The van der Waals surface area contributed by atoms with Gasteiger partial charge in [0.1, 0.15) is 0 Å². The Kier molecular flexibility index (Phi) is 6.85. The maximum Gasteiger partial charge on any atom is 0.0776 e. The third-order valence-corrected chi connectivity index (χ3v) is 5.84. The molecule has 0 unspecified atom stereocenters. The minimum atomic E-state index is -1.16. The van der Waals surface area contributed by atoms with Crippen molar-refractivity contribution >= 4 is 13.3 Å². The van der Waals surface area contributed by atoms with Gasteiger partial charge in [-0.2, -0.15) is 0 Å². The maximum atomic E-state index is 2.48. The molecule has 0 spiro atoms. The molecule has 0 aliphatic carbocycles. The van der Waals surface area contributed by atoms with Crippen LogP contribution in [-0.4, -0.2) is 8.07 Å². The summed E-state index contributed by atoms with van der Waals surface area (Å²) in [5.74, 6) is 0. The Hall–Kier alpha value is -0.563. The Morgan fingerprint density at radius 3 is 2.11 bits per heavy atom. The zero-order chi connectivity index (χ0) is 14.3. The van der Waals surface area contributed by atoms with E-state index in [-0.39, 0.29) is 0 Å². The number of rotatable bonds is 8. The van der Waals surface area contributed by atoms with E-state index in [9.17, 15) is 0 Å². The smallest absolute Gasteiger partial charge is 0.0656 e. The Bertz CT molecular complexity index is 374. The van der Waals surface area contributed by atoms with Crippen LogP contribution in [0, 0.1) is 6.92 Å². The SMILES string of the molecule is CCCCCCCCc1cc(C)cc([Si](C)(C)C)c1. The van der Waals surface area contributed by atoms with Gasteiger partial charge in [-0.25, -0.2) is 0 Å². The summed E-state index contributed by atoms with van der Waals surface area (Å²) in [5.41, 5.74) is 3.01. The van der Waals surface area contributed by atoms with E-state index >= 15 is 0 Å². The highest BCUT2D eigenvalue weighted by Crippen LogP contribution is 2.13. The molecule has 0 nitrogen and oxygen atoms in total. The third kappa shape index (κ3) is 6.42. The molecule has 0 aliphatic heterocycles. The lowest BCUT2D eigenvalue weighted by atomic mass is 10.0. The summed E-state index contributed by atoms with van der Waals surface area (Å²) in [6.07, 6.45) is 9.62. The van der Waals surface area contributed by atoms with Crippen molar-refractivity contribution in [2.45, 2.75) is 78.4 Å². The fourth-order valence-electron chi connectivity index (χ4n) is 2.55. The predicted octanol–water partition coefficient (Wildman–Crippen LogP) is 5.44. The van der Waals surface area contributed by atoms with Gasteiger partial charge in [-0.1, -0.05) is 87.6 Å². The monoisotopic (exact) mass is 276 g/mol. The van der Waals surface area contributed by atoms with E-state index in [0.717, 1.165) is 0 Å². The van der Waals surface area contributed by atoms with Gasteiger partial charge in [0, 0.05) is 0 Å². The Morgan fingerprint density at radius 1 is 0.842 bits per heavy atom. The first-order valence-corrected chi connectivity index (χ1v) is 11.5. The second kappa shape index (κ2) is 7.89. The number of benzene rings is 1. The van der Waals surface area contributed by atoms with E-state index < -0.39 is 8.07 Å². The molecule has 0 aliphatic rings. The molecule has 108 valence electrons. The molecular weight excluding hydrogens is 244 g/mol. The summed E-state index contributed by atoms with van der Waals surface area (Å²) < 4.78 is 0. The topological polar surface area (TPSA) is 0 Å². The van der Waals surface area contributed by atoms with Crippen molar-refractivity contribution in [3.8, 4) is 0 Å². The predicted molar refractivity (Wildman–Crippen MR) is 91.2 cm³/mol. The largest absolute Gasteiger partial charge is 0.0776 e. The van der Waals surface area contributed by atoms with E-state index in [0.29, 0.717) is 0 Å². The van der Waals surface area contributed by atoms with Crippen molar-refractivity contribution < 1.29 is 0 Å². The van der Waals surface area contributed by atoms with E-state index in [1.165, 1.54) is 50.5 Å². The average molecular weight is 277 g/mol. The average Bonchev–Trinajstić information content (AvgIpc) is 2.32.